The second-order valence-corrected chi connectivity index (χ2v) is 4.76. The Bertz CT molecular complexity index is 667. The van der Waals surface area contributed by atoms with E-state index in [1.54, 1.807) is 24.1 Å². The molecule has 0 spiro atoms. The summed E-state index contributed by atoms with van der Waals surface area (Å²) in [7, 11) is 1.72. The summed E-state index contributed by atoms with van der Waals surface area (Å²) >= 11 is 0. The minimum absolute atomic E-state index is 0.0891. The van der Waals surface area contributed by atoms with E-state index in [9.17, 15) is 4.79 Å². The predicted molar refractivity (Wildman–Crippen MR) is 74.3 cm³/mol. The van der Waals surface area contributed by atoms with E-state index in [-0.39, 0.29) is 24.3 Å². The molecule has 1 aromatic heterocycles. The number of likely N-dealkylation sites (N-methyl/N-ethyl adjacent to an activating group) is 1. The topological polar surface area (TPSA) is 66.5 Å². The van der Waals surface area contributed by atoms with Crippen LogP contribution < -0.4 is 4.74 Å². The van der Waals surface area contributed by atoms with E-state index in [1.807, 2.05) is 32.0 Å². The summed E-state index contributed by atoms with van der Waals surface area (Å²) in [6.45, 7) is 3.73. The van der Waals surface area contributed by atoms with Crippen LogP contribution in [0.15, 0.2) is 28.7 Å². The summed E-state index contributed by atoms with van der Waals surface area (Å²) in [6.07, 6.45) is 0. The molecule has 1 aromatic carbocycles. The van der Waals surface area contributed by atoms with Gasteiger partial charge in [0.1, 0.15) is 11.7 Å². The average molecular weight is 272 g/mol. The molecule has 0 radical (unpaired) electrons. The highest BCUT2D eigenvalue weighted by Crippen LogP contribution is 2.32. The van der Waals surface area contributed by atoms with Gasteiger partial charge in [-0.15, -0.1) is 0 Å². The van der Waals surface area contributed by atoms with Crippen LogP contribution in [0.4, 0.5) is 0 Å². The van der Waals surface area contributed by atoms with E-state index in [1.165, 1.54) is 0 Å². The molecule has 2 aromatic rings. The fraction of sp³-hybridized carbons (Fsp3) is 0.333. The Labute approximate surface area is 117 Å². The van der Waals surface area contributed by atoms with Crippen molar-refractivity contribution in [2.75, 3.05) is 13.7 Å². The molecule has 0 aliphatic carbocycles. The van der Waals surface area contributed by atoms with Gasteiger partial charge in [0.15, 0.2) is 12.4 Å². The molecule has 0 saturated carbocycles. The average Bonchev–Trinajstić information content (AvgIpc) is 2.81. The first kappa shape index (κ1) is 13.9. The number of carbonyl (C=O) groups is 1. The zero-order chi connectivity index (χ0) is 14.7. The van der Waals surface area contributed by atoms with Crippen LogP contribution in [0.25, 0.3) is 11.0 Å². The van der Waals surface area contributed by atoms with Gasteiger partial charge in [-0.2, -0.15) is 5.26 Å². The Morgan fingerprint density at radius 2 is 2.15 bits per heavy atom. The molecular formula is C15H16N2O3. The summed E-state index contributed by atoms with van der Waals surface area (Å²) in [5.74, 6) is 0.272. The van der Waals surface area contributed by atoms with Gasteiger partial charge in [-0.1, -0.05) is 12.1 Å². The summed E-state index contributed by atoms with van der Waals surface area (Å²) < 4.78 is 10.9. The molecule has 20 heavy (non-hydrogen) atoms. The fourth-order valence-corrected chi connectivity index (χ4v) is 1.76. The Morgan fingerprint density at radius 1 is 1.45 bits per heavy atom. The summed E-state index contributed by atoms with van der Waals surface area (Å²) in [4.78, 5) is 13.5. The molecule has 1 heterocycles. The zero-order valence-electron chi connectivity index (χ0n) is 11.7. The number of carbonyl (C=O) groups excluding carboxylic acids is 1. The smallest absolute Gasteiger partial charge is 0.260 e. The van der Waals surface area contributed by atoms with Crippen LogP contribution in [-0.4, -0.2) is 30.5 Å². The molecule has 0 bridgehead atoms. The first-order valence-corrected chi connectivity index (χ1v) is 6.34. The highest BCUT2D eigenvalue weighted by Gasteiger charge is 2.18. The predicted octanol–water partition coefficient (Wildman–Crippen LogP) is 2.55. The number of ether oxygens (including phenoxy) is 1. The van der Waals surface area contributed by atoms with Crippen molar-refractivity contribution >= 4 is 16.9 Å². The van der Waals surface area contributed by atoms with Gasteiger partial charge in [0.2, 0.25) is 5.76 Å². The molecule has 2 rings (SSSR count). The normalized spacial score (nSPS) is 10.6. The minimum atomic E-state index is -0.144. The molecule has 0 N–H and O–H groups in total. The van der Waals surface area contributed by atoms with Crippen LogP contribution in [0.3, 0.4) is 0 Å². The molecule has 0 fully saturated rings. The molecule has 5 nitrogen and oxygen atoms in total. The van der Waals surface area contributed by atoms with Crippen molar-refractivity contribution in [1.82, 2.24) is 4.90 Å². The molecule has 104 valence electrons. The van der Waals surface area contributed by atoms with Gasteiger partial charge in [0, 0.05) is 13.1 Å². The highest BCUT2D eigenvalue weighted by molar-refractivity contribution is 5.87. The molecule has 0 atom stereocenters. The Hall–Kier alpha value is -2.48. The molecule has 0 unspecified atom stereocenters. The number of rotatable bonds is 4. The Kier molecular flexibility index (Phi) is 3.94. The van der Waals surface area contributed by atoms with Crippen LogP contribution in [-0.2, 0) is 4.79 Å². The third kappa shape index (κ3) is 2.59. The van der Waals surface area contributed by atoms with Gasteiger partial charge in [-0.05, 0) is 26.0 Å². The molecule has 0 aliphatic heterocycles. The fourth-order valence-electron chi connectivity index (χ4n) is 1.76. The summed E-state index contributed by atoms with van der Waals surface area (Å²) in [5, 5.41) is 9.76. The van der Waals surface area contributed by atoms with Gasteiger partial charge in [0.25, 0.3) is 5.91 Å². The van der Waals surface area contributed by atoms with Gasteiger partial charge in [-0.3, -0.25) is 4.79 Å². The van der Waals surface area contributed by atoms with Crippen LogP contribution in [0.1, 0.15) is 19.6 Å². The van der Waals surface area contributed by atoms with Crippen molar-refractivity contribution in [1.29, 1.82) is 5.26 Å². The van der Waals surface area contributed by atoms with E-state index >= 15 is 0 Å². The first-order valence-electron chi connectivity index (χ1n) is 6.34. The summed E-state index contributed by atoms with van der Waals surface area (Å²) in [5.41, 5.74) is 0.573. The SMILES string of the molecule is CC(C)N(C)C(=O)COc1c(C#N)oc2ccccc12. The van der Waals surface area contributed by atoms with Gasteiger partial charge in [0.05, 0.1) is 5.39 Å². The number of fused-ring (bicyclic) bond motifs is 1. The molecule has 5 heteroatoms. The number of para-hydroxylation sites is 1. The Morgan fingerprint density at radius 3 is 2.80 bits per heavy atom. The largest absolute Gasteiger partial charge is 0.478 e. The third-order valence-electron chi connectivity index (χ3n) is 3.16. The lowest BCUT2D eigenvalue weighted by atomic mass is 10.2. The lowest BCUT2D eigenvalue weighted by molar-refractivity contribution is -0.133. The molecule has 1 amide bonds. The van der Waals surface area contributed by atoms with Crippen molar-refractivity contribution in [3.63, 3.8) is 0 Å². The second kappa shape index (κ2) is 5.66. The molecular weight excluding hydrogens is 256 g/mol. The van der Waals surface area contributed by atoms with Crippen LogP contribution in [0.5, 0.6) is 5.75 Å². The number of hydrogen-bond donors (Lipinski definition) is 0. The highest BCUT2D eigenvalue weighted by atomic mass is 16.5. The van der Waals surface area contributed by atoms with Crippen molar-refractivity contribution in [3.8, 4) is 11.8 Å². The van der Waals surface area contributed by atoms with Gasteiger partial charge < -0.3 is 14.1 Å². The number of benzene rings is 1. The maximum atomic E-state index is 11.9. The summed E-state index contributed by atoms with van der Waals surface area (Å²) in [6, 6.07) is 9.24. The standard InChI is InChI=1S/C15H16N2O3/c1-10(2)17(3)14(18)9-19-15-11-6-4-5-7-12(11)20-13(15)8-16/h4-7,10H,9H2,1-3H3. The number of hydrogen-bond acceptors (Lipinski definition) is 4. The maximum Gasteiger partial charge on any atom is 0.260 e. The second-order valence-electron chi connectivity index (χ2n) is 4.76. The first-order chi connectivity index (χ1) is 9.54. The zero-order valence-corrected chi connectivity index (χ0v) is 11.7. The van der Waals surface area contributed by atoms with E-state index in [4.69, 9.17) is 14.4 Å². The molecule has 0 aliphatic rings. The van der Waals surface area contributed by atoms with Crippen molar-refractivity contribution in [3.05, 3.63) is 30.0 Å². The quantitative estimate of drug-likeness (QED) is 0.857. The van der Waals surface area contributed by atoms with E-state index < -0.39 is 0 Å². The van der Waals surface area contributed by atoms with E-state index in [2.05, 4.69) is 0 Å². The monoisotopic (exact) mass is 272 g/mol. The van der Waals surface area contributed by atoms with E-state index in [0.29, 0.717) is 16.7 Å². The minimum Gasteiger partial charge on any atom is -0.478 e. The van der Waals surface area contributed by atoms with Crippen molar-refractivity contribution < 1.29 is 13.9 Å². The Balaban J connectivity index is 2.22. The van der Waals surface area contributed by atoms with Gasteiger partial charge in [-0.25, -0.2) is 0 Å². The molecule has 0 saturated heterocycles. The lowest BCUT2D eigenvalue weighted by Gasteiger charge is -2.21. The van der Waals surface area contributed by atoms with Crippen LogP contribution >= 0.6 is 0 Å². The number of amides is 1. The number of nitriles is 1. The van der Waals surface area contributed by atoms with Crippen LogP contribution in [0.2, 0.25) is 0 Å². The van der Waals surface area contributed by atoms with Crippen LogP contribution in [0, 0.1) is 11.3 Å². The van der Waals surface area contributed by atoms with Crippen molar-refractivity contribution in [2.24, 2.45) is 0 Å². The number of nitrogens with zero attached hydrogens (tertiary/aromatic N) is 2. The third-order valence-corrected chi connectivity index (χ3v) is 3.16. The van der Waals surface area contributed by atoms with Gasteiger partial charge >= 0.3 is 0 Å². The maximum absolute atomic E-state index is 11.9. The van der Waals surface area contributed by atoms with E-state index in [0.717, 1.165) is 0 Å². The van der Waals surface area contributed by atoms with Crippen molar-refractivity contribution in [2.45, 2.75) is 19.9 Å². The lowest BCUT2D eigenvalue weighted by Crippen LogP contribution is -2.36. The number of furan rings is 1.